The molecule has 19 heavy (non-hydrogen) atoms. The van der Waals surface area contributed by atoms with Crippen molar-refractivity contribution in [3.05, 3.63) is 24.1 Å². The smallest absolute Gasteiger partial charge is 0.208 e. The van der Waals surface area contributed by atoms with Crippen molar-refractivity contribution in [2.24, 2.45) is 0 Å². The third-order valence-electron chi connectivity index (χ3n) is 3.26. The molecular weight excluding hydrogens is 264 g/mol. The number of anilines is 1. The molecule has 2 aromatic rings. The van der Waals surface area contributed by atoms with Crippen LogP contribution in [0.4, 0.5) is 5.69 Å². The first kappa shape index (κ1) is 12.6. The summed E-state index contributed by atoms with van der Waals surface area (Å²) in [7, 11) is -0.957. The van der Waals surface area contributed by atoms with Gasteiger partial charge >= 0.3 is 0 Å². The summed E-state index contributed by atoms with van der Waals surface area (Å²) in [5.41, 5.74) is 7.74. The highest BCUT2D eigenvalue weighted by atomic mass is 32.2. The Kier molecular flexibility index (Phi) is 3.52. The van der Waals surface area contributed by atoms with Gasteiger partial charge in [0.2, 0.25) is 5.89 Å². The Hall–Kier alpha value is -1.40. The van der Waals surface area contributed by atoms with Gasteiger partial charge in [0, 0.05) is 41.0 Å². The van der Waals surface area contributed by atoms with Gasteiger partial charge in [0.05, 0.1) is 0 Å². The van der Waals surface area contributed by atoms with E-state index < -0.39 is 10.8 Å². The lowest BCUT2D eigenvalue weighted by Crippen LogP contribution is -2.25. The van der Waals surface area contributed by atoms with Crippen LogP contribution in [0.1, 0.15) is 18.7 Å². The second-order valence-electron chi connectivity index (χ2n) is 4.67. The molecule has 2 N–H and O–H groups in total. The predicted octanol–water partition coefficient (Wildman–Crippen LogP) is 1.84. The molecule has 1 aliphatic heterocycles. The zero-order valence-electron chi connectivity index (χ0n) is 10.5. The Morgan fingerprint density at radius 3 is 2.95 bits per heavy atom. The van der Waals surface area contributed by atoms with Crippen LogP contribution in [-0.4, -0.2) is 27.7 Å². The van der Waals surface area contributed by atoms with Crippen molar-refractivity contribution in [1.29, 1.82) is 0 Å². The van der Waals surface area contributed by atoms with E-state index in [4.69, 9.17) is 14.9 Å². The zero-order valence-corrected chi connectivity index (χ0v) is 11.3. The molecule has 3 rings (SSSR count). The first-order valence-corrected chi connectivity index (χ1v) is 7.70. The summed E-state index contributed by atoms with van der Waals surface area (Å²) >= 11 is 0. The summed E-state index contributed by atoms with van der Waals surface area (Å²) in [4.78, 5) is 4.34. The average molecular weight is 280 g/mol. The van der Waals surface area contributed by atoms with Crippen molar-refractivity contribution in [1.82, 2.24) is 4.98 Å². The molecule has 0 radical (unpaired) electrons. The Balaban J connectivity index is 1.75. The predicted molar refractivity (Wildman–Crippen MR) is 74.1 cm³/mol. The first-order valence-electron chi connectivity index (χ1n) is 6.32. The lowest BCUT2D eigenvalue weighted by Gasteiger charge is -2.20. The second-order valence-corrected chi connectivity index (χ2v) is 6.39. The molecule has 1 saturated heterocycles. The van der Waals surface area contributed by atoms with E-state index in [1.165, 1.54) is 0 Å². The van der Waals surface area contributed by atoms with E-state index >= 15 is 0 Å². The number of oxazole rings is 1. The van der Waals surface area contributed by atoms with Crippen molar-refractivity contribution in [3.63, 3.8) is 0 Å². The third-order valence-corrected chi connectivity index (χ3v) is 5.01. The van der Waals surface area contributed by atoms with E-state index in [1.807, 2.05) is 6.07 Å². The molecule has 1 aromatic carbocycles. The van der Waals surface area contributed by atoms with E-state index in [0.717, 1.165) is 18.4 Å². The van der Waals surface area contributed by atoms with Crippen LogP contribution in [-0.2, 0) is 21.3 Å². The molecule has 0 spiro atoms. The average Bonchev–Trinajstić information content (AvgIpc) is 2.81. The van der Waals surface area contributed by atoms with Crippen molar-refractivity contribution in [2.75, 3.05) is 18.9 Å². The van der Waals surface area contributed by atoms with Crippen LogP contribution in [0.5, 0.6) is 0 Å². The molecule has 102 valence electrons. The number of ether oxygens (including phenoxy) is 1. The van der Waals surface area contributed by atoms with E-state index in [1.54, 1.807) is 12.1 Å². The highest BCUT2D eigenvalue weighted by molar-refractivity contribution is 7.84. The molecule has 2 heterocycles. The summed E-state index contributed by atoms with van der Waals surface area (Å²) in [5.74, 6) is 0.879. The number of hydrogen-bond donors (Lipinski definition) is 1. The Bertz CT molecular complexity index is 605. The maximum Gasteiger partial charge on any atom is 0.208 e. The summed E-state index contributed by atoms with van der Waals surface area (Å²) in [5, 5.41) is 0.189. The van der Waals surface area contributed by atoms with Crippen LogP contribution in [0.3, 0.4) is 0 Å². The van der Waals surface area contributed by atoms with Crippen molar-refractivity contribution in [2.45, 2.75) is 23.8 Å². The molecule has 5 nitrogen and oxygen atoms in total. The van der Waals surface area contributed by atoms with Gasteiger partial charge in [-0.15, -0.1) is 0 Å². The highest BCUT2D eigenvalue weighted by Gasteiger charge is 2.22. The van der Waals surface area contributed by atoms with Gasteiger partial charge in [-0.05, 0) is 25.0 Å². The molecule has 1 fully saturated rings. The number of benzene rings is 1. The molecule has 1 atom stereocenters. The maximum absolute atomic E-state index is 12.2. The fourth-order valence-corrected chi connectivity index (χ4v) is 3.55. The minimum absolute atomic E-state index is 0.189. The topological polar surface area (TPSA) is 78.3 Å². The first-order chi connectivity index (χ1) is 9.22. The Morgan fingerprint density at radius 2 is 2.16 bits per heavy atom. The standard InChI is InChI=1S/C13H16N2O3S/c14-9-1-2-11-12(7-9)18-13(15-11)8-19(16)10-3-5-17-6-4-10/h1-2,7,10H,3-6,8,14H2. The SMILES string of the molecule is Nc1ccc2nc(CS(=O)C3CCOCC3)oc2c1. The lowest BCUT2D eigenvalue weighted by molar-refractivity contribution is 0.0991. The lowest BCUT2D eigenvalue weighted by atomic mass is 10.2. The third kappa shape index (κ3) is 2.79. The van der Waals surface area contributed by atoms with Crippen LogP contribution in [0, 0.1) is 0 Å². The van der Waals surface area contributed by atoms with Crippen LogP contribution in [0.2, 0.25) is 0 Å². The van der Waals surface area contributed by atoms with Gasteiger partial charge in [0.1, 0.15) is 11.3 Å². The van der Waals surface area contributed by atoms with Gasteiger partial charge in [-0.1, -0.05) is 0 Å². The fourth-order valence-electron chi connectivity index (χ4n) is 2.23. The van der Waals surface area contributed by atoms with Crippen molar-refractivity contribution in [3.8, 4) is 0 Å². The molecule has 0 aliphatic carbocycles. The van der Waals surface area contributed by atoms with Crippen molar-refractivity contribution >= 4 is 27.6 Å². The largest absolute Gasteiger partial charge is 0.440 e. The molecule has 1 unspecified atom stereocenters. The number of rotatable bonds is 3. The van der Waals surface area contributed by atoms with Crippen LogP contribution < -0.4 is 5.73 Å². The number of nitrogen functional groups attached to an aromatic ring is 1. The zero-order chi connectivity index (χ0) is 13.2. The van der Waals surface area contributed by atoms with Gasteiger partial charge in [-0.3, -0.25) is 4.21 Å². The summed E-state index contributed by atoms with van der Waals surface area (Å²) in [6.07, 6.45) is 1.69. The van der Waals surface area contributed by atoms with Gasteiger partial charge in [0.25, 0.3) is 0 Å². The maximum atomic E-state index is 12.2. The van der Waals surface area contributed by atoms with Gasteiger partial charge < -0.3 is 14.9 Å². The number of hydrogen-bond acceptors (Lipinski definition) is 5. The van der Waals surface area contributed by atoms with Crippen LogP contribution in [0.15, 0.2) is 22.6 Å². The highest BCUT2D eigenvalue weighted by Crippen LogP contribution is 2.21. The number of nitrogens with two attached hydrogens (primary N) is 1. The Labute approximate surface area is 113 Å². The van der Waals surface area contributed by atoms with Crippen LogP contribution >= 0.6 is 0 Å². The number of fused-ring (bicyclic) bond motifs is 1. The molecule has 0 amide bonds. The normalized spacial score (nSPS) is 18.7. The number of nitrogens with zero attached hydrogens (tertiary/aromatic N) is 1. The van der Waals surface area contributed by atoms with Crippen LogP contribution in [0.25, 0.3) is 11.1 Å². The molecule has 1 aliphatic rings. The van der Waals surface area contributed by atoms with Gasteiger partial charge in [-0.2, -0.15) is 0 Å². The minimum atomic E-state index is -0.957. The fraction of sp³-hybridized carbons (Fsp3) is 0.462. The summed E-state index contributed by atoms with van der Waals surface area (Å²) in [6, 6.07) is 5.34. The Morgan fingerprint density at radius 1 is 1.37 bits per heavy atom. The second kappa shape index (κ2) is 5.30. The minimum Gasteiger partial charge on any atom is -0.440 e. The molecule has 0 bridgehead atoms. The van der Waals surface area contributed by atoms with Gasteiger partial charge in [-0.25, -0.2) is 4.98 Å². The quantitative estimate of drug-likeness (QED) is 0.868. The number of aromatic nitrogens is 1. The van der Waals surface area contributed by atoms with E-state index in [-0.39, 0.29) is 5.25 Å². The van der Waals surface area contributed by atoms with E-state index in [0.29, 0.717) is 36.1 Å². The monoisotopic (exact) mass is 280 g/mol. The van der Waals surface area contributed by atoms with E-state index in [9.17, 15) is 4.21 Å². The molecular formula is C13H16N2O3S. The molecule has 0 saturated carbocycles. The van der Waals surface area contributed by atoms with Crippen molar-refractivity contribution < 1.29 is 13.4 Å². The summed E-state index contributed by atoms with van der Waals surface area (Å²) in [6.45, 7) is 1.39. The van der Waals surface area contributed by atoms with Gasteiger partial charge in [0.15, 0.2) is 5.58 Å². The molecule has 6 heteroatoms. The molecule has 1 aromatic heterocycles. The van der Waals surface area contributed by atoms with E-state index in [2.05, 4.69) is 4.98 Å². The summed E-state index contributed by atoms with van der Waals surface area (Å²) < 4.78 is 23.1.